The van der Waals surface area contributed by atoms with Crippen molar-refractivity contribution < 1.29 is 14.3 Å². The van der Waals surface area contributed by atoms with E-state index in [1.54, 1.807) is 24.3 Å². The van der Waals surface area contributed by atoms with Crippen molar-refractivity contribution in [2.75, 3.05) is 19.7 Å². The molecule has 1 N–H and O–H groups in total. The van der Waals surface area contributed by atoms with Crippen molar-refractivity contribution in [2.24, 2.45) is 0 Å². The molecule has 1 fully saturated rings. The van der Waals surface area contributed by atoms with E-state index in [-0.39, 0.29) is 18.7 Å². The van der Waals surface area contributed by atoms with Gasteiger partial charge in [-0.15, -0.1) is 0 Å². The van der Waals surface area contributed by atoms with E-state index in [1.165, 1.54) is 0 Å². The normalized spacial score (nSPS) is 15.6. The third-order valence-electron chi connectivity index (χ3n) is 4.05. The number of benzene rings is 1. The maximum atomic E-state index is 12.4. The molecule has 0 unspecified atom stereocenters. The summed E-state index contributed by atoms with van der Waals surface area (Å²) >= 11 is 0. The number of carbonyl (C=O) groups excluding carboxylic acids is 1. The molecular weight excluding hydrogens is 302 g/mol. The smallest absolute Gasteiger partial charge is 0.338 e. The van der Waals surface area contributed by atoms with Gasteiger partial charge in [0.2, 0.25) is 0 Å². The van der Waals surface area contributed by atoms with Crippen LogP contribution in [0.4, 0.5) is 0 Å². The molecule has 1 aliphatic heterocycles. The number of hydrogen-bond acceptors (Lipinski definition) is 4. The largest absolute Gasteiger partial charge is 0.490 e. The van der Waals surface area contributed by atoms with E-state index in [1.807, 2.05) is 19.1 Å². The summed E-state index contributed by atoms with van der Waals surface area (Å²) in [6.45, 7) is 11.3. The zero-order valence-electron chi connectivity index (χ0n) is 14.2. The van der Waals surface area contributed by atoms with Crippen molar-refractivity contribution in [1.82, 2.24) is 5.32 Å². The second kappa shape index (κ2) is 9.08. The third-order valence-corrected chi connectivity index (χ3v) is 4.05. The van der Waals surface area contributed by atoms with E-state index in [9.17, 15) is 4.79 Å². The van der Waals surface area contributed by atoms with Crippen LogP contribution in [0.2, 0.25) is 0 Å². The molecule has 0 bridgehead atoms. The monoisotopic (exact) mass is 327 g/mol. The fraction of sp³-hybridized carbons (Fsp3) is 0.350. The molecule has 0 aliphatic carbocycles. The van der Waals surface area contributed by atoms with E-state index < -0.39 is 0 Å². The number of hydrogen-bond donors (Lipinski definition) is 1. The first-order valence-electron chi connectivity index (χ1n) is 8.24. The van der Waals surface area contributed by atoms with Crippen molar-refractivity contribution in [1.29, 1.82) is 0 Å². The van der Waals surface area contributed by atoms with Crippen molar-refractivity contribution in [3.8, 4) is 5.75 Å². The summed E-state index contributed by atoms with van der Waals surface area (Å²) in [5.74, 6) is 0.391. The fourth-order valence-electron chi connectivity index (χ4n) is 2.61. The Kier molecular flexibility index (Phi) is 6.82. The molecule has 4 nitrogen and oxygen atoms in total. The average Bonchev–Trinajstić information content (AvgIpc) is 2.61. The van der Waals surface area contributed by atoms with E-state index in [4.69, 9.17) is 9.47 Å². The van der Waals surface area contributed by atoms with Crippen LogP contribution in [0.3, 0.4) is 0 Å². The molecular formula is C20H25NO3. The summed E-state index contributed by atoms with van der Waals surface area (Å²) in [6, 6.07) is 5.49. The van der Waals surface area contributed by atoms with E-state index in [0.717, 1.165) is 42.8 Å². The number of allylic oxidation sites excluding steroid dienone is 2. The lowest BCUT2D eigenvalue weighted by Gasteiger charge is -2.25. The zero-order valence-corrected chi connectivity index (χ0v) is 14.2. The molecule has 0 aromatic heterocycles. The predicted octanol–water partition coefficient (Wildman–Crippen LogP) is 3.58. The lowest BCUT2D eigenvalue weighted by molar-refractivity contribution is 0.0541. The standard InChI is InChI=1S/C20H25NO3/c1-4-7-16(5-2)14-23-20(22)18-8-6-9-19(15(18)3)24-17-10-12-21-13-11-17/h4-9,17,21H,1-2,10-14H2,3H3/b16-7+. The van der Waals surface area contributed by atoms with Crippen LogP contribution < -0.4 is 10.1 Å². The second-order valence-corrected chi connectivity index (χ2v) is 5.75. The van der Waals surface area contributed by atoms with Gasteiger partial charge in [0.05, 0.1) is 5.56 Å². The van der Waals surface area contributed by atoms with Crippen molar-refractivity contribution in [2.45, 2.75) is 25.9 Å². The summed E-state index contributed by atoms with van der Waals surface area (Å²) in [5, 5.41) is 3.31. The highest BCUT2D eigenvalue weighted by Gasteiger charge is 2.18. The molecule has 1 saturated heterocycles. The Balaban J connectivity index is 2.05. The highest BCUT2D eigenvalue weighted by molar-refractivity contribution is 5.91. The van der Waals surface area contributed by atoms with Crippen molar-refractivity contribution in [3.63, 3.8) is 0 Å². The van der Waals surface area contributed by atoms with Gasteiger partial charge in [-0.05, 0) is 50.6 Å². The molecule has 128 valence electrons. The van der Waals surface area contributed by atoms with Crippen LogP contribution in [0, 0.1) is 6.92 Å². The van der Waals surface area contributed by atoms with Crippen LogP contribution in [0.25, 0.3) is 0 Å². The molecule has 2 rings (SSSR count). The Bertz CT molecular complexity index is 628. The summed E-state index contributed by atoms with van der Waals surface area (Å²) in [4.78, 5) is 12.4. The number of ether oxygens (including phenoxy) is 2. The minimum Gasteiger partial charge on any atom is -0.490 e. The van der Waals surface area contributed by atoms with Crippen molar-refractivity contribution >= 4 is 5.97 Å². The highest BCUT2D eigenvalue weighted by atomic mass is 16.5. The Morgan fingerprint density at radius 3 is 2.75 bits per heavy atom. The van der Waals surface area contributed by atoms with Crippen molar-refractivity contribution in [3.05, 3.63) is 66.3 Å². The lowest BCUT2D eigenvalue weighted by Crippen LogP contribution is -2.34. The molecule has 4 heteroatoms. The Hall–Kier alpha value is -2.33. The van der Waals surface area contributed by atoms with Gasteiger partial charge in [-0.2, -0.15) is 0 Å². The van der Waals surface area contributed by atoms with Crippen LogP contribution in [0.15, 0.2) is 55.2 Å². The SMILES string of the molecule is C=C/C=C(\C=C)COC(=O)c1cccc(OC2CCNCC2)c1C. The summed E-state index contributed by atoms with van der Waals surface area (Å²) in [7, 11) is 0. The topological polar surface area (TPSA) is 47.6 Å². The molecule has 1 aliphatic rings. The van der Waals surface area contributed by atoms with Gasteiger partial charge in [-0.25, -0.2) is 4.79 Å². The van der Waals surface area contributed by atoms with Gasteiger partial charge in [-0.3, -0.25) is 0 Å². The van der Waals surface area contributed by atoms with Gasteiger partial charge in [-0.1, -0.05) is 37.5 Å². The molecule has 0 amide bonds. The maximum Gasteiger partial charge on any atom is 0.338 e. The average molecular weight is 327 g/mol. The van der Waals surface area contributed by atoms with Gasteiger partial charge in [0.1, 0.15) is 18.5 Å². The van der Waals surface area contributed by atoms with E-state index >= 15 is 0 Å². The first kappa shape index (κ1) is 18.0. The third kappa shape index (κ3) is 4.83. The number of piperidine rings is 1. The van der Waals surface area contributed by atoms with Crippen LogP contribution in [0.1, 0.15) is 28.8 Å². The van der Waals surface area contributed by atoms with Crippen LogP contribution in [0.5, 0.6) is 5.75 Å². The van der Waals surface area contributed by atoms with Gasteiger partial charge in [0.15, 0.2) is 0 Å². The first-order valence-corrected chi connectivity index (χ1v) is 8.24. The molecule has 1 heterocycles. The maximum absolute atomic E-state index is 12.4. The molecule has 1 aromatic carbocycles. The molecule has 1 aromatic rings. The van der Waals surface area contributed by atoms with Crippen LogP contribution in [-0.4, -0.2) is 31.8 Å². The Morgan fingerprint density at radius 1 is 1.33 bits per heavy atom. The number of carbonyl (C=O) groups is 1. The predicted molar refractivity (Wildman–Crippen MR) is 96.5 cm³/mol. The van der Waals surface area contributed by atoms with Crippen LogP contribution in [-0.2, 0) is 4.74 Å². The van der Waals surface area contributed by atoms with Gasteiger partial charge >= 0.3 is 5.97 Å². The minimum absolute atomic E-state index is 0.174. The summed E-state index contributed by atoms with van der Waals surface area (Å²) in [5.41, 5.74) is 2.15. The number of esters is 1. The summed E-state index contributed by atoms with van der Waals surface area (Å²) in [6.07, 6.45) is 7.21. The fourth-order valence-corrected chi connectivity index (χ4v) is 2.61. The second-order valence-electron chi connectivity index (χ2n) is 5.75. The van der Waals surface area contributed by atoms with Crippen LogP contribution >= 0.6 is 0 Å². The van der Waals surface area contributed by atoms with Gasteiger partial charge in [0, 0.05) is 5.56 Å². The molecule has 0 spiro atoms. The molecule has 0 saturated carbocycles. The van der Waals surface area contributed by atoms with E-state index in [0.29, 0.717) is 5.56 Å². The molecule has 0 radical (unpaired) electrons. The number of rotatable bonds is 7. The highest BCUT2D eigenvalue weighted by Crippen LogP contribution is 2.25. The minimum atomic E-state index is -0.361. The Labute approximate surface area is 143 Å². The van der Waals surface area contributed by atoms with E-state index in [2.05, 4.69) is 18.5 Å². The zero-order chi connectivity index (χ0) is 17.4. The molecule has 0 atom stereocenters. The van der Waals surface area contributed by atoms with Gasteiger partial charge < -0.3 is 14.8 Å². The quantitative estimate of drug-likeness (QED) is 0.614. The Morgan fingerprint density at radius 2 is 2.08 bits per heavy atom. The first-order chi connectivity index (χ1) is 11.7. The summed E-state index contributed by atoms with van der Waals surface area (Å²) < 4.78 is 11.4. The number of nitrogens with one attached hydrogen (secondary N) is 1. The van der Waals surface area contributed by atoms with Gasteiger partial charge in [0.25, 0.3) is 0 Å². The molecule has 24 heavy (non-hydrogen) atoms. The lowest BCUT2D eigenvalue weighted by atomic mass is 10.1.